The van der Waals surface area contributed by atoms with E-state index in [0.717, 1.165) is 37.4 Å². The molecule has 2 aromatic heterocycles. The summed E-state index contributed by atoms with van der Waals surface area (Å²) >= 11 is 0. The monoisotopic (exact) mass is 275 g/mol. The van der Waals surface area contributed by atoms with Crippen molar-refractivity contribution in [3.8, 4) is 0 Å². The van der Waals surface area contributed by atoms with Crippen LogP contribution in [0.2, 0.25) is 0 Å². The van der Waals surface area contributed by atoms with E-state index in [-0.39, 0.29) is 6.61 Å². The summed E-state index contributed by atoms with van der Waals surface area (Å²) in [6.45, 7) is 3.26. The first-order valence-corrected chi connectivity index (χ1v) is 7.09. The van der Waals surface area contributed by atoms with Gasteiger partial charge in [-0.25, -0.2) is 0 Å². The van der Waals surface area contributed by atoms with Gasteiger partial charge in [0.15, 0.2) is 0 Å². The molecule has 1 atom stereocenters. The van der Waals surface area contributed by atoms with E-state index < -0.39 is 0 Å². The molecule has 0 aliphatic carbocycles. The van der Waals surface area contributed by atoms with Crippen molar-refractivity contribution < 1.29 is 5.11 Å². The summed E-state index contributed by atoms with van der Waals surface area (Å²) in [4.78, 5) is 2.45. The Balaban J connectivity index is 1.58. The number of aromatic amines is 1. The third kappa shape index (κ3) is 2.91. The smallest absolute Gasteiger partial charge is 0.0669 e. The fourth-order valence-electron chi connectivity index (χ4n) is 2.87. The molecule has 0 bridgehead atoms. The molecule has 0 aromatic carbocycles. The molecule has 6 nitrogen and oxygen atoms in total. The van der Waals surface area contributed by atoms with Crippen LogP contribution in [0.15, 0.2) is 18.5 Å². The summed E-state index contributed by atoms with van der Waals surface area (Å²) in [5, 5.41) is 20.5. The van der Waals surface area contributed by atoms with Crippen LogP contribution in [0.3, 0.4) is 0 Å². The molecule has 0 saturated carbocycles. The number of hydrogen-bond acceptors (Lipinski definition) is 4. The van der Waals surface area contributed by atoms with E-state index in [2.05, 4.69) is 32.5 Å². The Hall–Kier alpha value is -1.66. The van der Waals surface area contributed by atoms with Crippen LogP contribution in [0.5, 0.6) is 0 Å². The number of H-pyrrole nitrogens is 1. The molecule has 1 aliphatic heterocycles. The van der Waals surface area contributed by atoms with E-state index in [4.69, 9.17) is 5.11 Å². The zero-order valence-electron chi connectivity index (χ0n) is 11.8. The summed E-state index contributed by atoms with van der Waals surface area (Å²) in [5.41, 5.74) is 3.41. The van der Waals surface area contributed by atoms with Crippen LogP contribution in [0.25, 0.3) is 0 Å². The number of aliphatic hydroxyl groups excluding tert-OH is 1. The molecule has 0 amide bonds. The zero-order chi connectivity index (χ0) is 13.9. The van der Waals surface area contributed by atoms with Gasteiger partial charge in [-0.05, 0) is 19.0 Å². The summed E-state index contributed by atoms with van der Waals surface area (Å²) in [6.07, 6.45) is 5.80. The van der Waals surface area contributed by atoms with Gasteiger partial charge in [-0.1, -0.05) is 0 Å². The minimum absolute atomic E-state index is 0.166. The highest BCUT2D eigenvalue weighted by Crippen LogP contribution is 2.27. The Morgan fingerprint density at radius 2 is 2.40 bits per heavy atom. The Kier molecular flexibility index (Phi) is 3.84. The second-order valence-corrected chi connectivity index (χ2v) is 5.53. The lowest BCUT2D eigenvalue weighted by atomic mass is 10.0. The number of hydrogen-bond donors (Lipinski definition) is 2. The molecule has 2 N–H and O–H groups in total. The molecular weight excluding hydrogens is 254 g/mol. The minimum Gasteiger partial charge on any atom is -0.396 e. The first-order chi connectivity index (χ1) is 9.74. The molecule has 3 heterocycles. The Labute approximate surface area is 118 Å². The molecule has 6 heteroatoms. The molecule has 0 spiro atoms. The molecule has 2 aromatic rings. The number of likely N-dealkylation sites (tertiary alicyclic amines) is 1. The van der Waals surface area contributed by atoms with Crippen LogP contribution in [0, 0.1) is 0 Å². The Morgan fingerprint density at radius 3 is 3.15 bits per heavy atom. The number of nitrogens with zero attached hydrogens (tertiary/aromatic N) is 4. The van der Waals surface area contributed by atoms with E-state index in [1.54, 1.807) is 0 Å². The summed E-state index contributed by atoms with van der Waals surface area (Å²) < 4.78 is 1.85. The van der Waals surface area contributed by atoms with Crippen LogP contribution < -0.4 is 0 Å². The van der Waals surface area contributed by atoms with Gasteiger partial charge < -0.3 is 5.11 Å². The number of nitrogens with one attached hydrogen (secondary N) is 1. The lowest BCUT2D eigenvalue weighted by Gasteiger charge is -2.13. The van der Waals surface area contributed by atoms with Crippen molar-refractivity contribution in [3.63, 3.8) is 0 Å². The average Bonchev–Trinajstić information content (AvgIpc) is 3.12. The van der Waals surface area contributed by atoms with Gasteiger partial charge in [0.05, 0.1) is 11.9 Å². The topological polar surface area (TPSA) is 70.0 Å². The van der Waals surface area contributed by atoms with E-state index in [9.17, 15) is 0 Å². The molecule has 0 radical (unpaired) electrons. The highest BCUT2D eigenvalue weighted by atomic mass is 16.3. The fraction of sp³-hybridized carbons (Fsp3) is 0.571. The standard InChI is InChI=1S/C14H21N5O/c1-18-8-11(7-15-18)9-19-4-2-12(10-19)14-6-13(3-5-20)16-17-14/h6-8,12,20H,2-5,9-10H2,1H3,(H,16,17)/t12-/m0/s1. The van der Waals surface area contributed by atoms with Gasteiger partial charge in [0.25, 0.3) is 0 Å². The predicted molar refractivity (Wildman–Crippen MR) is 75.2 cm³/mol. The molecule has 1 fully saturated rings. The van der Waals surface area contributed by atoms with Crippen molar-refractivity contribution in [1.82, 2.24) is 24.9 Å². The van der Waals surface area contributed by atoms with Crippen LogP contribution in [0.1, 0.15) is 29.3 Å². The SMILES string of the molecule is Cn1cc(CN2CC[C@H](c3cc(CCO)[nH]n3)C2)cn1. The zero-order valence-corrected chi connectivity index (χ0v) is 11.8. The first kappa shape index (κ1) is 13.3. The quantitative estimate of drug-likeness (QED) is 0.841. The molecule has 1 aliphatic rings. The van der Waals surface area contributed by atoms with Gasteiger partial charge >= 0.3 is 0 Å². The highest BCUT2D eigenvalue weighted by Gasteiger charge is 2.25. The van der Waals surface area contributed by atoms with Crippen molar-refractivity contribution in [1.29, 1.82) is 0 Å². The third-order valence-corrected chi connectivity index (χ3v) is 3.89. The first-order valence-electron chi connectivity index (χ1n) is 7.09. The van der Waals surface area contributed by atoms with Crippen molar-refractivity contribution in [2.75, 3.05) is 19.7 Å². The van der Waals surface area contributed by atoms with Crippen LogP contribution in [-0.4, -0.2) is 49.7 Å². The normalized spacial score (nSPS) is 19.8. The largest absolute Gasteiger partial charge is 0.396 e. The van der Waals surface area contributed by atoms with Gasteiger partial charge in [-0.2, -0.15) is 10.2 Å². The molecule has 3 rings (SSSR count). The van der Waals surface area contributed by atoms with E-state index >= 15 is 0 Å². The lowest BCUT2D eigenvalue weighted by Crippen LogP contribution is -2.19. The Morgan fingerprint density at radius 1 is 1.50 bits per heavy atom. The van der Waals surface area contributed by atoms with Gasteiger partial charge in [-0.3, -0.25) is 14.7 Å². The molecule has 1 saturated heterocycles. The molecule has 20 heavy (non-hydrogen) atoms. The highest BCUT2D eigenvalue weighted by molar-refractivity contribution is 5.16. The molecular formula is C14H21N5O. The van der Waals surface area contributed by atoms with Crippen molar-refractivity contribution in [2.24, 2.45) is 7.05 Å². The Bertz CT molecular complexity index is 561. The van der Waals surface area contributed by atoms with Crippen LogP contribution >= 0.6 is 0 Å². The summed E-state index contributed by atoms with van der Waals surface area (Å²) in [7, 11) is 1.95. The van der Waals surface area contributed by atoms with Gasteiger partial charge in [0, 0.05) is 56.5 Å². The number of aliphatic hydroxyl groups is 1. The second-order valence-electron chi connectivity index (χ2n) is 5.53. The van der Waals surface area contributed by atoms with Crippen molar-refractivity contribution in [2.45, 2.75) is 25.3 Å². The van der Waals surface area contributed by atoms with Crippen LogP contribution in [-0.2, 0) is 20.0 Å². The minimum atomic E-state index is 0.166. The van der Waals surface area contributed by atoms with E-state index in [0.29, 0.717) is 12.3 Å². The van der Waals surface area contributed by atoms with Gasteiger partial charge in [0.1, 0.15) is 0 Å². The van der Waals surface area contributed by atoms with E-state index in [1.807, 2.05) is 17.9 Å². The van der Waals surface area contributed by atoms with Gasteiger partial charge in [0.2, 0.25) is 0 Å². The van der Waals surface area contributed by atoms with E-state index in [1.165, 1.54) is 5.56 Å². The summed E-state index contributed by atoms with van der Waals surface area (Å²) in [6, 6.07) is 2.09. The van der Waals surface area contributed by atoms with Gasteiger partial charge in [-0.15, -0.1) is 0 Å². The fourth-order valence-corrected chi connectivity index (χ4v) is 2.87. The number of aryl methyl sites for hydroxylation is 1. The van der Waals surface area contributed by atoms with Crippen molar-refractivity contribution >= 4 is 0 Å². The molecule has 0 unspecified atom stereocenters. The average molecular weight is 275 g/mol. The molecule has 108 valence electrons. The maximum atomic E-state index is 8.94. The summed E-state index contributed by atoms with van der Waals surface area (Å²) in [5.74, 6) is 0.496. The van der Waals surface area contributed by atoms with Crippen molar-refractivity contribution in [3.05, 3.63) is 35.4 Å². The maximum absolute atomic E-state index is 8.94. The maximum Gasteiger partial charge on any atom is 0.0669 e. The lowest BCUT2D eigenvalue weighted by molar-refractivity contribution is 0.298. The van der Waals surface area contributed by atoms with Crippen LogP contribution in [0.4, 0.5) is 0 Å². The number of aromatic nitrogens is 4. The third-order valence-electron chi connectivity index (χ3n) is 3.89. The predicted octanol–water partition coefficient (Wildman–Crippen LogP) is 0.667. The number of rotatable bonds is 5. The second kappa shape index (κ2) is 5.76.